The number of rotatable bonds is 8. The molecule has 22 heavy (non-hydrogen) atoms. The van der Waals surface area contributed by atoms with Crippen LogP contribution in [0, 0.1) is 17.8 Å². The average molecular weight is 302 g/mol. The lowest BCUT2D eigenvalue weighted by Gasteiger charge is -2.40. The van der Waals surface area contributed by atoms with Gasteiger partial charge in [0.2, 0.25) is 0 Å². The second-order valence-corrected chi connectivity index (χ2v) is 6.88. The molecule has 0 aliphatic heterocycles. The minimum absolute atomic E-state index is 0.00366. The van der Waals surface area contributed by atoms with Crippen LogP contribution in [0.2, 0.25) is 0 Å². The molecule has 1 fully saturated rings. The van der Waals surface area contributed by atoms with Crippen LogP contribution < -0.4 is 0 Å². The molecular formula is C20H30O2. The van der Waals surface area contributed by atoms with Gasteiger partial charge < -0.3 is 4.74 Å². The van der Waals surface area contributed by atoms with E-state index < -0.39 is 0 Å². The van der Waals surface area contributed by atoms with E-state index in [1.54, 1.807) is 0 Å². The van der Waals surface area contributed by atoms with Gasteiger partial charge in [0.25, 0.3) is 0 Å². The van der Waals surface area contributed by atoms with Gasteiger partial charge >= 0.3 is 5.97 Å². The van der Waals surface area contributed by atoms with E-state index in [1.807, 2.05) is 0 Å². The maximum Gasteiger partial charge on any atom is 0.306 e. The lowest BCUT2D eigenvalue weighted by atomic mass is 9.65. The van der Waals surface area contributed by atoms with Gasteiger partial charge in [0.15, 0.2) is 0 Å². The highest BCUT2D eigenvalue weighted by Gasteiger charge is 2.35. The fourth-order valence-corrected chi connectivity index (χ4v) is 3.28. The minimum atomic E-state index is -0.00366. The van der Waals surface area contributed by atoms with Gasteiger partial charge in [-0.15, -0.1) is 0 Å². The Balaban J connectivity index is 1.54. The van der Waals surface area contributed by atoms with Crippen LogP contribution in [0.25, 0.3) is 0 Å². The first-order chi connectivity index (χ1) is 10.6. The topological polar surface area (TPSA) is 26.3 Å². The van der Waals surface area contributed by atoms with E-state index in [0.717, 1.165) is 31.6 Å². The molecule has 3 atom stereocenters. The first-order valence-electron chi connectivity index (χ1n) is 8.83. The van der Waals surface area contributed by atoms with Crippen LogP contribution in [0.5, 0.6) is 0 Å². The van der Waals surface area contributed by atoms with Crippen molar-refractivity contribution in [3.05, 3.63) is 35.4 Å². The Kier molecular flexibility index (Phi) is 6.48. The molecule has 2 nitrogen and oxygen atoms in total. The molecular weight excluding hydrogens is 272 g/mol. The zero-order valence-corrected chi connectivity index (χ0v) is 14.3. The van der Waals surface area contributed by atoms with E-state index in [4.69, 9.17) is 4.74 Å². The molecule has 0 spiro atoms. The van der Waals surface area contributed by atoms with Crippen molar-refractivity contribution >= 4 is 5.97 Å². The Labute approximate surface area is 135 Å². The first kappa shape index (κ1) is 17.1. The van der Waals surface area contributed by atoms with E-state index in [2.05, 4.69) is 45.0 Å². The molecule has 122 valence electrons. The number of unbranched alkanes of at least 4 members (excludes halogenated alkanes) is 1. The molecule has 0 aromatic heterocycles. The lowest BCUT2D eigenvalue weighted by Crippen LogP contribution is -2.34. The van der Waals surface area contributed by atoms with Gasteiger partial charge in [-0.2, -0.15) is 0 Å². The van der Waals surface area contributed by atoms with Gasteiger partial charge in [-0.05, 0) is 61.0 Å². The van der Waals surface area contributed by atoms with Crippen molar-refractivity contribution in [3.63, 3.8) is 0 Å². The summed E-state index contributed by atoms with van der Waals surface area (Å²) < 4.78 is 5.37. The third-order valence-electron chi connectivity index (χ3n) is 5.30. The van der Waals surface area contributed by atoms with Crippen LogP contribution in [0.1, 0.15) is 57.6 Å². The summed E-state index contributed by atoms with van der Waals surface area (Å²) in [5.41, 5.74) is 2.76. The SMILES string of the molecule is CCc1ccc(CCCCOC(=O)C[C@@H]2CC(C)C2C)cc1. The molecule has 2 rings (SSSR count). The Hall–Kier alpha value is -1.31. The highest BCUT2D eigenvalue weighted by atomic mass is 16.5. The molecule has 0 radical (unpaired) electrons. The fraction of sp³-hybridized carbons (Fsp3) is 0.650. The molecule has 0 saturated heterocycles. The van der Waals surface area contributed by atoms with Gasteiger partial charge in [0.1, 0.15) is 0 Å². The molecule has 1 aromatic carbocycles. The van der Waals surface area contributed by atoms with Gasteiger partial charge in [0, 0.05) is 6.42 Å². The Morgan fingerprint density at radius 2 is 1.82 bits per heavy atom. The Bertz CT molecular complexity index is 463. The minimum Gasteiger partial charge on any atom is -0.466 e. The van der Waals surface area contributed by atoms with Gasteiger partial charge in [0.05, 0.1) is 6.61 Å². The molecule has 0 N–H and O–H groups in total. The second-order valence-electron chi connectivity index (χ2n) is 6.88. The maximum absolute atomic E-state index is 11.8. The molecule has 0 bridgehead atoms. The van der Waals surface area contributed by atoms with Crippen molar-refractivity contribution in [1.82, 2.24) is 0 Å². The van der Waals surface area contributed by atoms with Gasteiger partial charge in [-0.25, -0.2) is 0 Å². The van der Waals surface area contributed by atoms with Crippen molar-refractivity contribution in [2.45, 2.75) is 59.3 Å². The molecule has 1 saturated carbocycles. The Morgan fingerprint density at radius 3 is 2.41 bits per heavy atom. The quantitative estimate of drug-likeness (QED) is 0.509. The molecule has 0 heterocycles. The zero-order valence-electron chi connectivity index (χ0n) is 14.3. The third kappa shape index (κ3) is 4.86. The summed E-state index contributed by atoms with van der Waals surface area (Å²) in [6.07, 6.45) is 5.99. The molecule has 1 aliphatic carbocycles. The standard InChI is InChI=1S/C20H30O2/c1-4-17-8-10-18(11-9-17)7-5-6-12-22-20(21)14-19-13-15(2)16(19)3/h8-11,15-16,19H,4-7,12-14H2,1-3H3/t15?,16?,19-/m0/s1. The number of carbonyl (C=O) groups is 1. The smallest absolute Gasteiger partial charge is 0.306 e. The average Bonchev–Trinajstić information content (AvgIpc) is 2.54. The summed E-state index contributed by atoms with van der Waals surface area (Å²) >= 11 is 0. The van der Waals surface area contributed by atoms with Gasteiger partial charge in [-0.1, -0.05) is 45.0 Å². The highest BCUT2D eigenvalue weighted by molar-refractivity contribution is 5.69. The van der Waals surface area contributed by atoms with Crippen molar-refractivity contribution in [2.24, 2.45) is 17.8 Å². The van der Waals surface area contributed by atoms with E-state index >= 15 is 0 Å². The molecule has 0 amide bonds. The van der Waals surface area contributed by atoms with Crippen LogP contribution in [0.3, 0.4) is 0 Å². The predicted octanol–water partition coefficient (Wildman–Crippen LogP) is 4.80. The zero-order chi connectivity index (χ0) is 15.9. The van der Waals surface area contributed by atoms with E-state index in [0.29, 0.717) is 24.9 Å². The van der Waals surface area contributed by atoms with Crippen LogP contribution in [0.4, 0.5) is 0 Å². The summed E-state index contributed by atoms with van der Waals surface area (Å²) in [4.78, 5) is 11.8. The lowest BCUT2D eigenvalue weighted by molar-refractivity contribution is -0.147. The molecule has 2 heteroatoms. The Morgan fingerprint density at radius 1 is 1.14 bits per heavy atom. The maximum atomic E-state index is 11.8. The van der Waals surface area contributed by atoms with E-state index in [9.17, 15) is 4.79 Å². The van der Waals surface area contributed by atoms with Crippen molar-refractivity contribution in [2.75, 3.05) is 6.61 Å². The number of ether oxygens (including phenoxy) is 1. The molecule has 2 unspecified atom stereocenters. The van der Waals surface area contributed by atoms with Crippen molar-refractivity contribution in [3.8, 4) is 0 Å². The third-order valence-corrected chi connectivity index (χ3v) is 5.30. The number of aryl methyl sites for hydroxylation is 2. The predicted molar refractivity (Wildman–Crippen MR) is 90.8 cm³/mol. The van der Waals surface area contributed by atoms with Crippen LogP contribution in [-0.4, -0.2) is 12.6 Å². The van der Waals surface area contributed by atoms with Crippen LogP contribution in [0.15, 0.2) is 24.3 Å². The number of hydrogen-bond donors (Lipinski definition) is 0. The van der Waals surface area contributed by atoms with Crippen molar-refractivity contribution in [1.29, 1.82) is 0 Å². The normalized spacial score (nSPS) is 23.9. The number of esters is 1. The summed E-state index contributed by atoms with van der Waals surface area (Å²) in [5.74, 6) is 2.01. The summed E-state index contributed by atoms with van der Waals surface area (Å²) in [5, 5.41) is 0. The second kappa shape index (κ2) is 8.36. The number of hydrogen-bond acceptors (Lipinski definition) is 2. The van der Waals surface area contributed by atoms with Crippen LogP contribution in [-0.2, 0) is 22.4 Å². The highest BCUT2D eigenvalue weighted by Crippen LogP contribution is 2.41. The largest absolute Gasteiger partial charge is 0.466 e. The number of benzene rings is 1. The summed E-state index contributed by atoms with van der Waals surface area (Å²) in [7, 11) is 0. The summed E-state index contributed by atoms with van der Waals surface area (Å²) in [6.45, 7) is 7.26. The van der Waals surface area contributed by atoms with Crippen LogP contribution >= 0.6 is 0 Å². The summed E-state index contributed by atoms with van der Waals surface area (Å²) in [6, 6.07) is 8.83. The van der Waals surface area contributed by atoms with E-state index in [1.165, 1.54) is 17.5 Å². The van der Waals surface area contributed by atoms with Crippen molar-refractivity contribution < 1.29 is 9.53 Å². The number of carbonyl (C=O) groups excluding carboxylic acids is 1. The van der Waals surface area contributed by atoms with Gasteiger partial charge in [-0.3, -0.25) is 4.79 Å². The molecule has 1 aliphatic rings. The monoisotopic (exact) mass is 302 g/mol. The van der Waals surface area contributed by atoms with E-state index in [-0.39, 0.29) is 5.97 Å². The fourth-order valence-electron chi connectivity index (χ4n) is 3.28. The molecule has 1 aromatic rings. The first-order valence-corrected chi connectivity index (χ1v) is 8.83.